The largest absolute Gasteiger partial charge is 0.323 e. The maximum Gasteiger partial charge on any atom is 0.323 e. The second kappa shape index (κ2) is 6.57. The molecule has 0 radical (unpaired) electrons. The molecule has 9 heteroatoms. The standard InChI is InChI=1S/C16H19N5O2S2/c1-16(2,3)10-7-17-14(25-10)20-15(23)21(4)8-11-18-9-5-6-24-12(9)13(22)19-11/h5-7H,8H2,1-4H3,(H,17,20,23)(H,18,19,22). The zero-order chi connectivity index (χ0) is 18.2. The highest BCUT2D eigenvalue weighted by Gasteiger charge is 2.19. The highest BCUT2D eigenvalue weighted by molar-refractivity contribution is 7.17. The van der Waals surface area contributed by atoms with E-state index < -0.39 is 0 Å². The first-order valence-electron chi connectivity index (χ1n) is 7.69. The van der Waals surface area contributed by atoms with Crippen LogP contribution in [-0.4, -0.2) is 32.9 Å². The summed E-state index contributed by atoms with van der Waals surface area (Å²) >= 11 is 2.80. The number of thiazole rings is 1. The first-order valence-corrected chi connectivity index (χ1v) is 9.38. The van der Waals surface area contributed by atoms with Crippen molar-refractivity contribution in [3.05, 3.63) is 38.7 Å². The van der Waals surface area contributed by atoms with Gasteiger partial charge in [-0.3, -0.25) is 10.1 Å². The summed E-state index contributed by atoms with van der Waals surface area (Å²) in [5.74, 6) is 0.447. The van der Waals surface area contributed by atoms with Gasteiger partial charge in [-0.05, 0) is 16.9 Å². The van der Waals surface area contributed by atoms with E-state index >= 15 is 0 Å². The van der Waals surface area contributed by atoms with E-state index in [1.54, 1.807) is 19.3 Å². The van der Waals surface area contributed by atoms with Gasteiger partial charge >= 0.3 is 6.03 Å². The Morgan fingerprint density at radius 3 is 2.84 bits per heavy atom. The average molecular weight is 377 g/mol. The lowest BCUT2D eigenvalue weighted by atomic mass is 9.96. The Balaban J connectivity index is 1.69. The summed E-state index contributed by atoms with van der Waals surface area (Å²) in [7, 11) is 1.64. The first-order chi connectivity index (χ1) is 11.7. The van der Waals surface area contributed by atoms with Crippen LogP contribution in [0.1, 0.15) is 31.5 Å². The number of nitrogens with zero attached hydrogens (tertiary/aromatic N) is 3. The third-order valence-electron chi connectivity index (χ3n) is 3.56. The van der Waals surface area contributed by atoms with Crippen LogP contribution in [0.4, 0.5) is 9.93 Å². The van der Waals surface area contributed by atoms with Crippen LogP contribution in [0.15, 0.2) is 22.4 Å². The molecule has 3 aromatic rings. The van der Waals surface area contributed by atoms with Crippen LogP contribution in [-0.2, 0) is 12.0 Å². The zero-order valence-corrected chi connectivity index (χ0v) is 16.0. The van der Waals surface area contributed by atoms with E-state index in [4.69, 9.17) is 0 Å². The molecule has 0 unspecified atom stereocenters. The van der Waals surface area contributed by atoms with E-state index in [-0.39, 0.29) is 23.6 Å². The Morgan fingerprint density at radius 2 is 2.16 bits per heavy atom. The van der Waals surface area contributed by atoms with Crippen LogP contribution in [0.5, 0.6) is 0 Å². The van der Waals surface area contributed by atoms with Gasteiger partial charge in [0, 0.05) is 18.1 Å². The number of anilines is 1. The normalized spacial score (nSPS) is 11.7. The molecule has 0 saturated carbocycles. The molecular formula is C16H19N5O2S2. The SMILES string of the molecule is CN(Cc1nc2ccsc2c(=O)[nH]1)C(=O)Nc1ncc(C(C)(C)C)s1. The first kappa shape index (κ1) is 17.6. The van der Waals surface area contributed by atoms with Gasteiger partial charge in [0.05, 0.1) is 12.1 Å². The zero-order valence-electron chi connectivity index (χ0n) is 14.4. The summed E-state index contributed by atoms with van der Waals surface area (Å²) in [5.41, 5.74) is 0.456. The maximum atomic E-state index is 12.3. The third kappa shape index (κ3) is 3.88. The maximum absolute atomic E-state index is 12.3. The summed E-state index contributed by atoms with van der Waals surface area (Å²) in [6, 6.07) is 1.49. The lowest BCUT2D eigenvalue weighted by Gasteiger charge is -2.16. The fraction of sp³-hybridized carbons (Fsp3) is 0.375. The number of carbonyl (C=O) groups excluding carboxylic acids is 1. The predicted molar refractivity (Wildman–Crippen MR) is 102 cm³/mol. The Morgan fingerprint density at radius 1 is 1.40 bits per heavy atom. The number of amides is 2. The summed E-state index contributed by atoms with van der Waals surface area (Å²) in [5, 5.41) is 5.15. The molecule has 7 nitrogen and oxygen atoms in total. The van der Waals surface area contributed by atoms with Gasteiger partial charge in [0.2, 0.25) is 0 Å². The number of hydrogen-bond acceptors (Lipinski definition) is 6. The molecule has 0 fully saturated rings. The van der Waals surface area contributed by atoms with Crippen molar-refractivity contribution in [2.75, 3.05) is 12.4 Å². The van der Waals surface area contributed by atoms with Crippen molar-refractivity contribution in [3.8, 4) is 0 Å². The minimum atomic E-state index is -0.303. The molecule has 2 amide bonds. The molecule has 0 spiro atoms. The number of hydrogen-bond donors (Lipinski definition) is 2. The summed E-state index contributed by atoms with van der Waals surface area (Å²) in [6.45, 7) is 6.49. The van der Waals surface area contributed by atoms with Crippen molar-refractivity contribution in [2.45, 2.75) is 32.7 Å². The van der Waals surface area contributed by atoms with Crippen LogP contribution in [0.3, 0.4) is 0 Å². The van der Waals surface area contributed by atoms with Gasteiger partial charge in [-0.15, -0.1) is 22.7 Å². The molecular weight excluding hydrogens is 358 g/mol. The number of aromatic nitrogens is 3. The molecule has 0 aromatic carbocycles. The molecule has 132 valence electrons. The van der Waals surface area contributed by atoms with Gasteiger partial charge in [-0.2, -0.15) is 0 Å². The Bertz CT molecular complexity index is 967. The molecule has 0 bridgehead atoms. The van der Waals surface area contributed by atoms with Crippen molar-refractivity contribution in [2.24, 2.45) is 0 Å². The molecule has 25 heavy (non-hydrogen) atoms. The molecule has 0 atom stereocenters. The van der Waals surface area contributed by atoms with E-state index in [1.165, 1.54) is 27.6 Å². The number of aromatic amines is 1. The van der Waals surface area contributed by atoms with Crippen LogP contribution in [0.2, 0.25) is 0 Å². The molecule has 0 aliphatic rings. The number of urea groups is 1. The predicted octanol–water partition coefficient (Wildman–Crippen LogP) is 3.40. The fourth-order valence-corrected chi connectivity index (χ4v) is 3.75. The van der Waals surface area contributed by atoms with Gasteiger partial charge in [-0.25, -0.2) is 14.8 Å². The monoisotopic (exact) mass is 377 g/mol. The van der Waals surface area contributed by atoms with E-state index in [1.807, 2.05) is 5.38 Å². The van der Waals surface area contributed by atoms with Crippen LogP contribution in [0.25, 0.3) is 10.2 Å². The number of carbonyl (C=O) groups is 1. The quantitative estimate of drug-likeness (QED) is 0.732. The average Bonchev–Trinajstić information content (AvgIpc) is 3.15. The minimum Gasteiger partial charge on any atom is -0.320 e. The Kier molecular flexibility index (Phi) is 4.61. The van der Waals surface area contributed by atoms with Crippen molar-refractivity contribution >= 4 is 44.1 Å². The lowest BCUT2D eigenvalue weighted by Crippen LogP contribution is -2.32. The minimum absolute atomic E-state index is 0.00804. The third-order valence-corrected chi connectivity index (χ3v) is 5.80. The van der Waals surface area contributed by atoms with Crippen molar-refractivity contribution < 1.29 is 4.79 Å². The van der Waals surface area contributed by atoms with Crippen molar-refractivity contribution in [1.29, 1.82) is 0 Å². The number of fused-ring (bicyclic) bond motifs is 1. The van der Waals surface area contributed by atoms with Gasteiger partial charge < -0.3 is 9.88 Å². The van der Waals surface area contributed by atoms with Crippen molar-refractivity contribution in [3.63, 3.8) is 0 Å². The topological polar surface area (TPSA) is 91.0 Å². The van der Waals surface area contributed by atoms with Gasteiger partial charge in [0.1, 0.15) is 10.5 Å². The molecule has 2 N–H and O–H groups in total. The molecule has 3 rings (SSSR count). The van der Waals surface area contributed by atoms with Crippen LogP contribution in [0, 0.1) is 0 Å². The highest BCUT2D eigenvalue weighted by atomic mass is 32.1. The van der Waals surface area contributed by atoms with E-state index in [0.29, 0.717) is 21.2 Å². The molecule has 0 aliphatic heterocycles. The second-order valence-electron chi connectivity index (χ2n) is 6.71. The van der Waals surface area contributed by atoms with Gasteiger partial charge in [0.25, 0.3) is 5.56 Å². The molecule has 0 aliphatic carbocycles. The Hall–Kier alpha value is -2.26. The summed E-state index contributed by atoms with van der Waals surface area (Å²) < 4.78 is 0.591. The number of rotatable bonds is 3. The smallest absolute Gasteiger partial charge is 0.320 e. The number of nitrogens with one attached hydrogen (secondary N) is 2. The molecule has 0 saturated heterocycles. The molecule has 3 heterocycles. The van der Waals surface area contributed by atoms with Crippen LogP contribution < -0.4 is 10.9 Å². The number of thiophene rings is 1. The summed E-state index contributed by atoms with van der Waals surface area (Å²) in [6.07, 6.45) is 1.78. The summed E-state index contributed by atoms with van der Waals surface area (Å²) in [4.78, 5) is 38.2. The Labute approximate surface area is 152 Å². The van der Waals surface area contributed by atoms with Crippen molar-refractivity contribution in [1.82, 2.24) is 19.9 Å². The van der Waals surface area contributed by atoms with Gasteiger partial charge in [0.15, 0.2) is 5.13 Å². The van der Waals surface area contributed by atoms with E-state index in [9.17, 15) is 9.59 Å². The second-order valence-corrected chi connectivity index (χ2v) is 8.66. The number of H-pyrrole nitrogens is 1. The molecule has 3 aromatic heterocycles. The highest BCUT2D eigenvalue weighted by Crippen LogP contribution is 2.30. The van der Waals surface area contributed by atoms with E-state index in [2.05, 4.69) is 41.0 Å². The lowest BCUT2D eigenvalue weighted by molar-refractivity contribution is 0.219. The van der Waals surface area contributed by atoms with Gasteiger partial charge in [-0.1, -0.05) is 20.8 Å². The van der Waals surface area contributed by atoms with Crippen LogP contribution >= 0.6 is 22.7 Å². The fourth-order valence-electron chi connectivity index (χ4n) is 2.16. The van der Waals surface area contributed by atoms with E-state index in [0.717, 1.165) is 4.88 Å².